The van der Waals surface area contributed by atoms with Gasteiger partial charge in [0.15, 0.2) is 0 Å². The summed E-state index contributed by atoms with van der Waals surface area (Å²) in [5.74, 6) is 0.467. The van der Waals surface area contributed by atoms with Gasteiger partial charge in [-0.2, -0.15) is 21.6 Å². The van der Waals surface area contributed by atoms with Crippen molar-refractivity contribution < 1.29 is 26.3 Å². The summed E-state index contributed by atoms with van der Waals surface area (Å²) in [6.45, 7) is 1.21. The average molecular weight is 530 g/mol. The van der Waals surface area contributed by atoms with Crippen molar-refractivity contribution in [2.75, 3.05) is 25.0 Å². The zero-order valence-corrected chi connectivity index (χ0v) is 20.6. The third kappa shape index (κ3) is 6.66. The minimum atomic E-state index is -5.48. The van der Waals surface area contributed by atoms with E-state index < -0.39 is 15.5 Å². The zero-order valence-electron chi connectivity index (χ0n) is 18.1. The molecule has 1 heterocycles. The molecule has 0 aromatic heterocycles. The van der Waals surface area contributed by atoms with Crippen molar-refractivity contribution in [3.05, 3.63) is 59.7 Å². The van der Waals surface area contributed by atoms with Gasteiger partial charge in [0.1, 0.15) is 5.75 Å². The lowest BCUT2D eigenvalue weighted by atomic mass is 9.92. The third-order valence-electron chi connectivity index (χ3n) is 5.45. The minimum absolute atomic E-state index is 0. The molecule has 12 heteroatoms. The Balaban J connectivity index is 0.00000272. The van der Waals surface area contributed by atoms with Gasteiger partial charge in [0.05, 0.1) is 12.8 Å². The molecule has 33 heavy (non-hydrogen) atoms. The van der Waals surface area contributed by atoms with Crippen molar-refractivity contribution >= 4 is 40.5 Å². The number of methoxy groups -OCH3 is 1. The smallest absolute Gasteiger partial charge is 0.496 e. The lowest BCUT2D eigenvalue weighted by molar-refractivity contribution is -0.0437. The summed E-state index contributed by atoms with van der Waals surface area (Å²) in [6.07, 6.45) is 1.92. The van der Waals surface area contributed by atoms with E-state index in [-0.39, 0.29) is 46.9 Å². The molecular formula is C21H28Cl2F3N3O3S. The summed E-state index contributed by atoms with van der Waals surface area (Å²) in [6, 6.07) is 14.4. The van der Waals surface area contributed by atoms with Gasteiger partial charge in [0.25, 0.3) is 0 Å². The van der Waals surface area contributed by atoms with Crippen molar-refractivity contribution in [3.63, 3.8) is 0 Å². The highest BCUT2D eigenvalue weighted by Gasteiger charge is 2.49. The summed E-state index contributed by atoms with van der Waals surface area (Å²) in [5.41, 5.74) is -3.74. The van der Waals surface area contributed by atoms with Crippen LogP contribution in [-0.2, 0) is 16.6 Å². The SMILES string of the molecule is COc1ccc(N(C)S(=O)(=O)C(F)(F)F)cc1CN[C@@H]1CCCN[C@@H]1c1ccccc1.Cl.Cl. The van der Waals surface area contributed by atoms with Crippen LogP contribution in [0, 0.1) is 0 Å². The van der Waals surface area contributed by atoms with Crippen LogP contribution in [0.3, 0.4) is 0 Å². The van der Waals surface area contributed by atoms with E-state index in [1.807, 2.05) is 18.2 Å². The molecule has 1 aliphatic rings. The van der Waals surface area contributed by atoms with Crippen LogP contribution in [-0.4, -0.2) is 40.7 Å². The molecule has 2 atom stereocenters. The van der Waals surface area contributed by atoms with Crippen molar-refractivity contribution in [2.24, 2.45) is 0 Å². The molecule has 0 unspecified atom stereocenters. The van der Waals surface area contributed by atoms with Crippen LogP contribution in [0.1, 0.15) is 30.0 Å². The molecule has 3 rings (SSSR count). The lowest BCUT2D eigenvalue weighted by Gasteiger charge is -2.34. The number of nitrogens with one attached hydrogen (secondary N) is 2. The van der Waals surface area contributed by atoms with E-state index in [0.29, 0.717) is 17.9 Å². The Kier molecular flexibility index (Phi) is 10.8. The van der Waals surface area contributed by atoms with Gasteiger partial charge in [-0.05, 0) is 43.1 Å². The predicted molar refractivity (Wildman–Crippen MR) is 128 cm³/mol. The first kappa shape index (κ1) is 29.3. The summed E-state index contributed by atoms with van der Waals surface area (Å²) >= 11 is 0. The molecule has 2 aromatic rings. The lowest BCUT2D eigenvalue weighted by Crippen LogP contribution is -2.45. The maximum Gasteiger partial charge on any atom is 0.516 e. The molecule has 0 radical (unpaired) electrons. The topological polar surface area (TPSA) is 70.7 Å². The molecule has 0 saturated carbocycles. The summed E-state index contributed by atoms with van der Waals surface area (Å²) in [7, 11) is -3.13. The first-order chi connectivity index (χ1) is 14.6. The molecular weight excluding hydrogens is 502 g/mol. The molecule has 0 bridgehead atoms. The second-order valence-electron chi connectivity index (χ2n) is 7.39. The first-order valence-corrected chi connectivity index (χ1v) is 11.3. The molecule has 1 fully saturated rings. The number of benzene rings is 2. The van der Waals surface area contributed by atoms with Crippen LogP contribution >= 0.6 is 24.8 Å². The molecule has 1 saturated heterocycles. The monoisotopic (exact) mass is 529 g/mol. The molecule has 2 aromatic carbocycles. The van der Waals surface area contributed by atoms with Crippen LogP contribution in [0.4, 0.5) is 18.9 Å². The van der Waals surface area contributed by atoms with Crippen molar-refractivity contribution in [3.8, 4) is 5.75 Å². The number of nitrogens with zero attached hydrogens (tertiary/aromatic N) is 1. The van der Waals surface area contributed by atoms with Gasteiger partial charge in [-0.15, -0.1) is 24.8 Å². The van der Waals surface area contributed by atoms with E-state index in [1.165, 1.54) is 25.3 Å². The fraction of sp³-hybridized carbons (Fsp3) is 0.429. The Morgan fingerprint density at radius 1 is 1.15 bits per heavy atom. The number of sulfonamides is 1. The Labute approximate surface area is 204 Å². The summed E-state index contributed by atoms with van der Waals surface area (Å²) < 4.78 is 67.9. The standard InChI is InChI=1S/C21H26F3N3O3S.2ClH/c1-27(31(28,29)21(22,23)24)17-10-11-19(30-2)16(13-17)14-26-18-9-6-12-25-20(18)15-7-4-3-5-8-15;;/h3-5,7-8,10-11,13,18,20,25-26H,6,9,12,14H2,1-2H3;2*1H/t18-,20-;;/m1../s1. The van der Waals surface area contributed by atoms with Crippen LogP contribution in [0.5, 0.6) is 5.75 Å². The molecule has 0 amide bonds. The average Bonchev–Trinajstić information content (AvgIpc) is 2.77. The van der Waals surface area contributed by atoms with Crippen LogP contribution < -0.4 is 19.7 Å². The molecule has 0 spiro atoms. The minimum Gasteiger partial charge on any atom is -0.496 e. The highest BCUT2D eigenvalue weighted by atomic mass is 35.5. The van der Waals surface area contributed by atoms with E-state index >= 15 is 0 Å². The van der Waals surface area contributed by atoms with E-state index in [1.54, 1.807) is 0 Å². The Bertz CT molecular complexity index is 995. The highest BCUT2D eigenvalue weighted by molar-refractivity contribution is 7.93. The van der Waals surface area contributed by atoms with Crippen molar-refractivity contribution in [2.45, 2.75) is 37.0 Å². The van der Waals surface area contributed by atoms with Crippen LogP contribution in [0.15, 0.2) is 48.5 Å². The van der Waals surface area contributed by atoms with Crippen molar-refractivity contribution in [1.82, 2.24) is 10.6 Å². The van der Waals surface area contributed by atoms with E-state index in [9.17, 15) is 21.6 Å². The molecule has 2 N–H and O–H groups in total. The number of anilines is 1. The second-order valence-corrected chi connectivity index (χ2v) is 9.35. The van der Waals surface area contributed by atoms with Gasteiger partial charge in [-0.25, -0.2) is 0 Å². The van der Waals surface area contributed by atoms with Gasteiger partial charge < -0.3 is 15.4 Å². The van der Waals surface area contributed by atoms with E-state index in [2.05, 4.69) is 22.8 Å². The van der Waals surface area contributed by atoms with Gasteiger partial charge in [0, 0.05) is 31.2 Å². The Morgan fingerprint density at radius 2 is 1.82 bits per heavy atom. The molecule has 0 aliphatic carbocycles. The predicted octanol–water partition coefficient (Wildman–Crippen LogP) is 4.41. The summed E-state index contributed by atoms with van der Waals surface area (Å²) in [4.78, 5) is 0. The first-order valence-electron chi connectivity index (χ1n) is 9.89. The number of hydrogen-bond acceptors (Lipinski definition) is 5. The van der Waals surface area contributed by atoms with Gasteiger partial charge >= 0.3 is 15.5 Å². The number of hydrogen-bond donors (Lipinski definition) is 2. The number of halogens is 5. The number of piperidine rings is 1. The Morgan fingerprint density at radius 3 is 2.42 bits per heavy atom. The molecule has 186 valence electrons. The zero-order chi connectivity index (χ0) is 22.6. The van der Waals surface area contributed by atoms with Crippen LogP contribution in [0.2, 0.25) is 0 Å². The van der Waals surface area contributed by atoms with Gasteiger partial charge in [0.2, 0.25) is 0 Å². The molecule has 1 aliphatic heterocycles. The number of rotatable bonds is 7. The molecule has 6 nitrogen and oxygen atoms in total. The highest BCUT2D eigenvalue weighted by Crippen LogP contribution is 2.32. The fourth-order valence-corrected chi connectivity index (χ4v) is 4.45. The number of alkyl halides is 3. The number of ether oxygens (including phenoxy) is 1. The van der Waals surface area contributed by atoms with E-state index in [0.717, 1.165) is 32.0 Å². The summed E-state index contributed by atoms with van der Waals surface area (Å²) in [5, 5.41) is 6.97. The fourth-order valence-electron chi connectivity index (χ4n) is 3.75. The van der Waals surface area contributed by atoms with Crippen LogP contribution in [0.25, 0.3) is 0 Å². The maximum atomic E-state index is 12.9. The maximum absolute atomic E-state index is 12.9. The van der Waals surface area contributed by atoms with Gasteiger partial charge in [-0.3, -0.25) is 4.31 Å². The van der Waals surface area contributed by atoms with Crippen molar-refractivity contribution in [1.29, 1.82) is 0 Å². The van der Waals surface area contributed by atoms with E-state index in [4.69, 9.17) is 4.74 Å². The Hall–Kier alpha value is -1.72. The van der Waals surface area contributed by atoms with Gasteiger partial charge in [-0.1, -0.05) is 30.3 Å². The third-order valence-corrected chi connectivity index (χ3v) is 6.97. The quantitative estimate of drug-likeness (QED) is 0.555. The largest absolute Gasteiger partial charge is 0.516 e. The normalized spacial score (nSPS) is 18.6. The second kappa shape index (κ2) is 12.1.